The molecule has 0 aromatic heterocycles. The van der Waals surface area contributed by atoms with E-state index in [-0.39, 0.29) is 0 Å². The summed E-state index contributed by atoms with van der Waals surface area (Å²) >= 11 is 5.88. The molecule has 4 heteroatoms. The van der Waals surface area contributed by atoms with Gasteiger partial charge in [0.15, 0.2) is 0 Å². The van der Waals surface area contributed by atoms with Gasteiger partial charge in [-0.05, 0) is 31.0 Å². The van der Waals surface area contributed by atoms with E-state index in [0.717, 1.165) is 16.1 Å². The van der Waals surface area contributed by atoms with Crippen LogP contribution in [0.25, 0.3) is 0 Å². The minimum Gasteiger partial charge on any atom is -0.480 e. The van der Waals surface area contributed by atoms with Crippen LogP contribution in [0.5, 0.6) is 0 Å². The molecule has 0 saturated carbocycles. The van der Waals surface area contributed by atoms with Gasteiger partial charge >= 0.3 is 5.97 Å². The zero-order valence-corrected chi connectivity index (χ0v) is 9.51. The van der Waals surface area contributed by atoms with E-state index in [0.29, 0.717) is 6.54 Å². The zero-order chi connectivity index (χ0) is 11.4. The normalized spacial score (nSPS) is 12.5. The molecule has 0 unspecified atom stereocenters. The summed E-state index contributed by atoms with van der Waals surface area (Å²) in [7, 11) is 0. The fraction of sp³-hybridized carbons (Fsp3) is 0.364. The monoisotopic (exact) mass is 227 g/mol. The molecule has 0 spiro atoms. The summed E-state index contributed by atoms with van der Waals surface area (Å²) in [5.74, 6) is -0.847. The second kappa shape index (κ2) is 5.14. The Morgan fingerprint density at radius 2 is 2.27 bits per heavy atom. The molecule has 3 nitrogen and oxygen atoms in total. The first-order chi connectivity index (χ1) is 7.00. The van der Waals surface area contributed by atoms with E-state index in [4.69, 9.17) is 16.7 Å². The van der Waals surface area contributed by atoms with Crippen LogP contribution in [0.2, 0.25) is 5.02 Å². The Kier molecular flexibility index (Phi) is 4.12. The van der Waals surface area contributed by atoms with Gasteiger partial charge in [0.05, 0.1) is 0 Å². The van der Waals surface area contributed by atoms with Gasteiger partial charge in [0.2, 0.25) is 0 Å². The Balaban J connectivity index is 2.58. The van der Waals surface area contributed by atoms with E-state index in [9.17, 15) is 4.79 Å². The van der Waals surface area contributed by atoms with Crippen molar-refractivity contribution in [3.05, 3.63) is 34.3 Å². The van der Waals surface area contributed by atoms with Crippen molar-refractivity contribution in [1.29, 1.82) is 0 Å². The third-order valence-corrected chi connectivity index (χ3v) is 2.63. The number of aryl methyl sites for hydroxylation is 1. The molecule has 1 atom stereocenters. The molecule has 1 aromatic rings. The summed E-state index contributed by atoms with van der Waals surface area (Å²) in [5.41, 5.74) is 2.03. The number of carboxylic acids is 1. The number of carboxylic acid groups (broad SMARTS) is 1. The van der Waals surface area contributed by atoms with Crippen LogP contribution in [0.4, 0.5) is 0 Å². The van der Waals surface area contributed by atoms with Crippen molar-refractivity contribution in [3.8, 4) is 0 Å². The van der Waals surface area contributed by atoms with Crippen LogP contribution < -0.4 is 5.32 Å². The molecule has 15 heavy (non-hydrogen) atoms. The first-order valence-electron chi connectivity index (χ1n) is 4.72. The molecule has 82 valence electrons. The molecular formula is C11H14ClNO2. The SMILES string of the molecule is Cc1cc(CN[C@@H](C)C(=O)O)ccc1Cl. The maximum absolute atomic E-state index is 10.6. The summed E-state index contributed by atoms with van der Waals surface area (Å²) in [6, 6.07) is 5.11. The molecule has 0 fully saturated rings. The lowest BCUT2D eigenvalue weighted by Crippen LogP contribution is -2.33. The van der Waals surface area contributed by atoms with Crippen LogP contribution in [0.3, 0.4) is 0 Å². The largest absolute Gasteiger partial charge is 0.480 e. The highest BCUT2D eigenvalue weighted by molar-refractivity contribution is 6.31. The summed E-state index contributed by atoms with van der Waals surface area (Å²) in [6.45, 7) is 4.07. The smallest absolute Gasteiger partial charge is 0.320 e. The van der Waals surface area contributed by atoms with Crippen LogP contribution in [0, 0.1) is 6.92 Å². The molecule has 1 rings (SSSR count). The highest BCUT2D eigenvalue weighted by atomic mass is 35.5. The van der Waals surface area contributed by atoms with Crippen molar-refractivity contribution in [3.63, 3.8) is 0 Å². The van der Waals surface area contributed by atoms with Crippen LogP contribution in [0.1, 0.15) is 18.1 Å². The molecule has 2 N–H and O–H groups in total. The van der Waals surface area contributed by atoms with Gasteiger partial charge in [0.25, 0.3) is 0 Å². The van der Waals surface area contributed by atoms with Gasteiger partial charge in [0, 0.05) is 11.6 Å². The lowest BCUT2D eigenvalue weighted by atomic mass is 10.1. The van der Waals surface area contributed by atoms with Crippen molar-refractivity contribution in [2.24, 2.45) is 0 Å². The average Bonchev–Trinajstić information content (AvgIpc) is 2.19. The van der Waals surface area contributed by atoms with Gasteiger partial charge in [0.1, 0.15) is 6.04 Å². The number of nitrogens with one attached hydrogen (secondary N) is 1. The predicted octanol–water partition coefficient (Wildman–Crippen LogP) is 2.21. The van der Waals surface area contributed by atoms with Gasteiger partial charge in [-0.25, -0.2) is 0 Å². The number of benzene rings is 1. The third-order valence-electron chi connectivity index (χ3n) is 2.21. The number of hydrogen-bond donors (Lipinski definition) is 2. The van der Waals surface area contributed by atoms with Crippen LogP contribution in [0.15, 0.2) is 18.2 Å². The van der Waals surface area contributed by atoms with E-state index in [1.165, 1.54) is 0 Å². The maximum Gasteiger partial charge on any atom is 0.320 e. The summed E-state index contributed by atoms with van der Waals surface area (Å²) in [4.78, 5) is 10.6. The minimum atomic E-state index is -0.847. The molecule has 0 radical (unpaired) electrons. The Labute approximate surface area is 94.1 Å². The Hall–Kier alpha value is -1.06. The van der Waals surface area contributed by atoms with Crippen molar-refractivity contribution >= 4 is 17.6 Å². The van der Waals surface area contributed by atoms with E-state index in [2.05, 4.69) is 5.32 Å². The molecule has 0 aliphatic rings. The second-order valence-corrected chi connectivity index (χ2v) is 3.93. The van der Waals surface area contributed by atoms with E-state index >= 15 is 0 Å². The Bertz CT molecular complexity index is 366. The number of aliphatic carboxylic acids is 1. The van der Waals surface area contributed by atoms with Crippen LogP contribution in [-0.2, 0) is 11.3 Å². The molecule has 0 aliphatic carbocycles. The van der Waals surface area contributed by atoms with Gasteiger partial charge in [-0.1, -0.05) is 23.7 Å². The van der Waals surface area contributed by atoms with E-state index < -0.39 is 12.0 Å². The Morgan fingerprint density at radius 3 is 2.80 bits per heavy atom. The van der Waals surface area contributed by atoms with Gasteiger partial charge < -0.3 is 10.4 Å². The quantitative estimate of drug-likeness (QED) is 0.829. The van der Waals surface area contributed by atoms with Crippen molar-refractivity contribution < 1.29 is 9.90 Å². The third kappa shape index (κ3) is 3.53. The summed E-state index contributed by atoms with van der Waals surface area (Å²) in [6.07, 6.45) is 0. The van der Waals surface area contributed by atoms with E-state index in [1.54, 1.807) is 6.92 Å². The predicted molar refractivity (Wildman–Crippen MR) is 60.1 cm³/mol. The topological polar surface area (TPSA) is 49.3 Å². The molecule has 0 saturated heterocycles. The molecule has 0 heterocycles. The molecular weight excluding hydrogens is 214 g/mol. The van der Waals surface area contributed by atoms with Crippen molar-refractivity contribution in [1.82, 2.24) is 5.32 Å². The number of halogens is 1. The molecule has 0 aliphatic heterocycles. The average molecular weight is 228 g/mol. The molecule has 0 bridgehead atoms. The van der Waals surface area contributed by atoms with Gasteiger partial charge in [-0.3, -0.25) is 4.79 Å². The Morgan fingerprint density at radius 1 is 1.60 bits per heavy atom. The van der Waals surface area contributed by atoms with Crippen LogP contribution in [-0.4, -0.2) is 17.1 Å². The van der Waals surface area contributed by atoms with Crippen molar-refractivity contribution in [2.45, 2.75) is 26.4 Å². The van der Waals surface area contributed by atoms with Gasteiger partial charge in [-0.2, -0.15) is 0 Å². The highest BCUT2D eigenvalue weighted by Gasteiger charge is 2.09. The first-order valence-corrected chi connectivity index (χ1v) is 5.09. The lowest BCUT2D eigenvalue weighted by Gasteiger charge is -2.09. The molecule has 0 amide bonds. The summed E-state index contributed by atoms with van der Waals surface area (Å²) in [5, 5.41) is 12.3. The highest BCUT2D eigenvalue weighted by Crippen LogP contribution is 2.16. The number of rotatable bonds is 4. The van der Waals surface area contributed by atoms with Crippen molar-refractivity contribution in [2.75, 3.05) is 0 Å². The standard InChI is InChI=1S/C11H14ClNO2/c1-7-5-9(3-4-10(7)12)6-13-8(2)11(14)15/h3-5,8,13H,6H2,1-2H3,(H,14,15)/t8-/m0/s1. The van der Waals surface area contributed by atoms with Crippen LogP contribution >= 0.6 is 11.6 Å². The second-order valence-electron chi connectivity index (χ2n) is 3.52. The maximum atomic E-state index is 10.6. The van der Waals surface area contributed by atoms with E-state index in [1.807, 2.05) is 25.1 Å². The first kappa shape index (κ1) is 12.0. The number of hydrogen-bond acceptors (Lipinski definition) is 2. The fourth-order valence-corrected chi connectivity index (χ4v) is 1.29. The minimum absolute atomic E-state index is 0.533. The molecule has 1 aromatic carbocycles. The zero-order valence-electron chi connectivity index (χ0n) is 8.75. The number of carbonyl (C=O) groups is 1. The fourth-order valence-electron chi connectivity index (χ4n) is 1.18. The lowest BCUT2D eigenvalue weighted by molar-refractivity contribution is -0.139. The summed E-state index contributed by atoms with van der Waals surface area (Å²) < 4.78 is 0. The van der Waals surface area contributed by atoms with Gasteiger partial charge in [-0.15, -0.1) is 0 Å².